The SMILES string of the molecule is C#CCCCNCc1cc(OC)ccc1OC. The van der Waals surface area contributed by atoms with Crippen LogP contribution in [0.1, 0.15) is 18.4 Å². The van der Waals surface area contributed by atoms with E-state index in [0.29, 0.717) is 0 Å². The summed E-state index contributed by atoms with van der Waals surface area (Å²) in [6.07, 6.45) is 6.99. The molecule has 0 saturated carbocycles. The van der Waals surface area contributed by atoms with Gasteiger partial charge in [-0.3, -0.25) is 0 Å². The van der Waals surface area contributed by atoms with Crippen molar-refractivity contribution in [1.29, 1.82) is 0 Å². The molecule has 0 heterocycles. The molecular weight excluding hydrogens is 214 g/mol. The summed E-state index contributed by atoms with van der Waals surface area (Å²) in [6, 6.07) is 5.78. The summed E-state index contributed by atoms with van der Waals surface area (Å²) in [7, 11) is 3.33. The quantitative estimate of drug-likeness (QED) is 0.578. The normalized spacial score (nSPS) is 9.71. The van der Waals surface area contributed by atoms with Crippen molar-refractivity contribution in [3.8, 4) is 23.8 Å². The van der Waals surface area contributed by atoms with Gasteiger partial charge in [0.2, 0.25) is 0 Å². The van der Waals surface area contributed by atoms with E-state index in [1.54, 1.807) is 14.2 Å². The highest BCUT2D eigenvalue weighted by atomic mass is 16.5. The zero-order chi connectivity index (χ0) is 12.5. The number of methoxy groups -OCH3 is 2. The van der Waals surface area contributed by atoms with Crippen LogP contribution >= 0.6 is 0 Å². The largest absolute Gasteiger partial charge is 0.497 e. The summed E-state index contributed by atoms with van der Waals surface area (Å²) in [4.78, 5) is 0. The molecule has 0 aliphatic heterocycles. The zero-order valence-electron chi connectivity index (χ0n) is 10.5. The number of hydrogen-bond acceptors (Lipinski definition) is 3. The Morgan fingerprint density at radius 1 is 1.29 bits per heavy atom. The molecule has 0 aliphatic rings. The fraction of sp³-hybridized carbons (Fsp3) is 0.429. The van der Waals surface area contributed by atoms with Crippen molar-refractivity contribution in [2.45, 2.75) is 19.4 Å². The van der Waals surface area contributed by atoms with Crippen molar-refractivity contribution in [1.82, 2.24) is 5.32 Å². The maximum atomic E-state index is 5.30. The Labute approximate surface area is 103 Å². The number of hydrogen-bond donors (Lipinski definition) is 1. The summed E-state index contributed by atoms with van der Waals surface area (Å²) in [5.74, 6) is 4.33. The Hall–Kier alpha value is -1.66. The van der Waals surface area contributed by atoms with Gasteiger partial charge in [-0.1, -0.05) is 0 Å². The van der Waals surface area contributed by atoms with Crippen molar-refractivity contribution < 1.29 is 9.47 Å². The highest BCUT2D eigenvalue weighted by molar-refractivity contribution is 5.40. The Morgan fingerprint density at radius 2 is 2.12 bits per heavy atom. The van der Waals surface area contributed by atoms with Crippen molar-refractivity contribution in [3.05, 3.63) is 23.8 Å². The number of rotatable bonds is 7. The third-order valence-electron chi connectivity index (χ3n) is 2.48. The minimum absolute atomic E-state index is 0.755. The molecule has 3 nitrogen and oxygen atoms in total. The van der Waals surface area contributed by atoms with Gasteiger partial charge in [0.1, 0.15) is 11.5 Å². The summed E-state index contributed by atoms with van der Waals surface area (Å²) in [5, 5.41) is 3.33. The molecule has 1 aromatic carbocycles. The summed E-state index contributed by atoms with van der Waals surface area (Å²) >= 11 is 0. The van der Waals surface area contributed by atoms with Crippen LogP contribution in [0.5, 0.6) is 11.5 Å². The van der Waals surface area contributed by atoms with E-state index in [2.05, 4.69) is 11.2 Å². The predicted molar refractivity (Wildman–Crippen MR) is 69.3 cm³/mol. The second-order valence-corrected chi connectivity index (χ2v) is 3.66. The van der Waals surface area contributed by atoms with Crippen LogP contribution in [-0.2, 0) is 6.54 Å². The standard InChI is InChI=1S/C14H19NO2/c1-4-5-6-9-15-11-12-10-13(16-2)7-8-14(12)17-3/h1,7-8,10,15H,5-6,9,11H2,2-3H3. The van der Waals surface area contributed by atoms with E-state index >= 15 is 0 Å². The Morgan fingerprint density at radius 3 is 2.76 bits per heavy atom. The topological polar surface area (TPSA) is 30.5 Å². The monoisotopic (exact) mass is 233 g/mol. The molecule has 1 N–H and O–H groups in total. The minimum Gasteiger partial charge on any atom is -0.497 e. The second-order valence-electron chi connectivity index (χ2n) is 3.66. The van der Waals surface area contributed by atoms with E-state index in [0.717, 1.165) is 43.0 Å². The lowest BCUT2D eigenvalue weighted by molar-refractivity contribution is 0.397. The van der Waals surface area contributed by atoms with Crippen LogP contribution in [0.15, 0.2) is 18.2 Å². The van der Waals surface area contributed by atoms with E-state index in [-0.39, 0.29) is 0 Å². The third-order valence-corrected chi connectivity index (χ3v) is 2.48. The highest BCUT2D eigenvalue weighted by Crippen LogP contribution is 2.23. The molecule has 0 amide bonds. The lowest BCUT2D eigenvalue weighted by atomic mass is 10.2. The van der Waals surface area contributed by atoms with Gasteiger partial charge in [0, 0.05) is 18.5 Å². The van der Waals surface area contributed by atoms with E-state index in [1.807, 2.05) is 18.2 Å². The minimum atomic E-state index is 0.755. The van der Waals surface area contributed by atoms with Crippen LogP contribution in [0.25, 0.3) is 0 Å². The van der Waals surface area contributed by atoms with Crippen LogP contribution in [0, 0.1) is 12.3 Å². The first kappa shape index (κ1) is 13.4. The number of terminal acetylenes is 1. The van der Waals surface area contributed by atoms with Crippen molar-refractivity contribution in [2.24, 2.45) is 0 Å². The van der Waals surface area contributed by atoms with Gasteiger partial charge in [0.15, 0.2) is 0 Å². The molecule has 1 rings (SSSR count). The van der Waals surface area contributed by atoms with Crippen molar-refractivity contribution >= 4 is 0 Å². The summed E-state index contributed by atoms with van der Waals surface area (Å²) in [6.45, 7) is 1.66. The van der Waals surface area contributed by atoms with E-state index in [9.17, 15) is 0 Å². The Balaban J connectivity index is 2.53. The third kappa shape index (κ3) is 4.38. The lowest BCUT2D eigenvalue weighted by Crippen LogP contribution is -2.15. The second kappa shape index (κ2) is 7.59. The maximum absolute atomic E-state index is 5.30. The average Bonchev–Trinajstić information content (AvgIpc) is 2.38. The van der Waals surface area contributed by atoms with Gasteiger partial charge in [0.05, 0.1) is 14.2 Å². The molecule has 0 fully saturated rings. The first-order valence-corrected chi connectivity index (χ1v) is 5.67. The average molecular weight is 233 g/mol. The van der Waals surface area contributed by atoms with Gasteiger partial charge in [-0.15, -0.1) is 12.3 Å². The van der Waals surface area contributed by atoms with Gasteiger partial charge >= 0.3 is 0 Å². The van der Waals surface area contributed by atoms with Gasteiger partial charge in [0.25, 0.3) is 0 Å². The van der Waals surface area contributed by atoms with Crippen LogP contribution < -0.4 is 14.8 Å². The molecule has 0 atom stereocenters. The number of nitrogens with one attached hydrogen (secondary N) is 1. The summed E-state index contributed by atoms with van der Waals surface area (Å²) in [5.41, 5.74) is 1.09. The fourth-order valence-corrected chi connectivity index (χ4v) is 1.56. The van der Waals surface area contributed by atoms with Crippen LogP contribution in [0.2, 0.25) is 0 Å². The number of ether oxygens (including phenoxy) is 2. The van der Waals surface area contributed by atoms with Gasteiger partial charge in [-0.05, 0) is 31.2 Å². The molecule has 0 radical (unpaired) electrons. The van der Waals surface area contributed by atoms with Crippen molar-refractivity contribution in [3.63, 3.8) is 0 Å². The van der Waals surface area contributed by atoms with Gasteiger partial charge in [-0.25, -0.2) is 0 Å². The van der Waals surface area contributed by atoms with Crippen LogP contribution in [0.4, 0.5) is 0 Å². The van der Waals surface area contributed by atoms with E-state index in [4.69, 9.17) is 15.9 Å². The van der Waals surface area contributed by atoms with Crippen molar-refractivity contribution in [2.75, 3.05) is 20.8 Å². The molecule has 92 valence electrons. The lowest BCUT2D eigenvalue weighted by Gasteiger charge is -2.11. The molecule has 0 aliphatic carbocycles. The van der Waals surface area contributed by atoms with Crippen LogP contribution in [-0.4, -0.2) is 20.8 Å². The predicted octanol–water partition coefficient (Wildman–Crippen LogP) is 2.21. The highest BCUT2D eigenvalue weighted by Gasteiger charge is 2.04. The number of unbranched alkanes of at least 4 members (excludes halogenated alkanes) is 1. The Kier molecular flexibility index (Phi) is 5.98. The summed E-state index contributed by atoms with van der Waals surface area (Å²) < 4.78 is 10.5. The zero-order valence-corrected chi connectivity index (χ0v) is 10.5. The molecule has 0 spiro atoms. The molecule has 3 heteroatoms. The number of benzene rings is 1. The Bertz CT molecular complexity index is 382. The molecule has 0 aromatic heterocycles. The fourth-order valence-electron chi connectivity index (χ4n) is 1.56. The first-order valence-electron chi connectivity index (χ1n) is 5.67. The maximum Gasteiger partial charge on any atom is 0.123 e. The van der Waals surface area contributed by atoms with Gasteiger partial charge < -0.3 is 14.8 Å². The molecule has 17 heavy (non-hydrogen) atoms. The molecular formula is C14H19NO2. The molecule has 0 bridgehead atoms. The molecule has 1 aromatic rings. The van der Waals surface area contributed by atoms with E-state index in [1.165, 1.54) is 0 Å². The molecule has 0 saturated heterocycles. The smallest absolute Gasteiger partial charge is 0.123 e. The first-order chi connectivity index (χ1) is 8.31. The van der Waals surface area contributed by atoms with Gasteiger partial charge in [-0.2, -0.15) is 0 Å². The van der Waals surface area contributed by atoms with E-state index < -0.39 is 0 Å². The molecule has 0 unspecified atom stereocenters. The van der Waals surface area contributed by atoms with Crippen LogP contribution in [0.3, 0.4) is 0 Å².